The molecule has 0 amide bonds. The van der Waals surface area contributed by atoms with Crippen LogP contribution in [0, 0.1) is 15.2 Å². The maximum absolute atomic E-state index is 13.5. The van der Waals surface area contributed by atoms with Gasteiger partial charge in [0, 0.05) is 11.5 Å². The molecule has 3 nitrogen and oxygen atoms in total. The Morgan fingerprint density at radius 2 is 1.95 bits per heavy atom. The number of aromatic nitrogens is 2. The van der Waals surface area contributed by atoms with Gasteiger partial charge in [0.2, 0.25) is 0 Å². The topological polar surface area (TPSA) is 37.9 Å². The number of hydrogen-bond acceptors (Lipinski definition) is 2. The Morgan fingerprint density at radius 3 is 2.74 bits per heavy atom. The van der Waals surface area contributed by atoms with Gasteiger partial charge in [-0.15, -0.1) is 0 Å². The van der Waals surface area contributed by atoms with Crippen LogP contribution in [0.4, 0.5) is 8.78 Å². The fourth-order valence-electron chi connectivity index (χ4n) is 1.70. The van der Waals surface area contributed by atoms with Crippen LogP contribution in [0.25, 0.3) is 10.9 Å². The first-order valence-corrected chi connectivity index (χ1v) is 6.47. The highest BCUT2D eigenvalue weighted by Gasteiger charge is 2.10. The number of benzene rings is 2. The molecule has 0 unspecified atom stereocenters. The lowest BCUT2D eigenvalue weighted by atomic mass is 10.2. The number of nitrogens with zero attached hydrogens (tertiary/aromatic N) is 1. The Morgan fingerprint density at radius 1 is 1.11 bits per heavy atom. The van der Waals surface area contributed by atoms with Gasteiger partial charge in [0.05, 0.1) is 15.3 Å². The molecule has 3 rings (SSSR count). The van der Waals surface area contributed by atoms with Gasteiger partial charge in [-0.1, -0.05) is 0 Å². The molecule has 0 aliphatic rings. The first kappa shape index (κ1) is 12.3. The number of fused-ring (bicyclic) bond motifs is 1. The van der Waals surface area contributed by atoms with Crippen LogP contribution in [0.3, 0.4) is 0 Å². The lowest BCUT2D eigenvalue weighted by molar-refractivity contribution is 0.436. The second-order valence-corrected chi connectivity index (χ2v) is 5.08. The normalized spacial score (nSPS) is 10.9. The molecule has 0 aliphatic carbocycles. The molecule has 0 fully saturated rings. The number of halogens is 3. The van der Waals surface area contributed by atoms with Gasteiger partial charge < -0.3 is 4.74 Å². The summed E-state index contributed by atoms with van der Waals surface area (Å²) in [6.07, 6.45) is 1.65. The molecule has 0 aliphatic heterocycles. The fraction of sp³-hybridized carbons (Fsp3) is 0. The van der Waals surface area contributed by atoms with E-state index in [1.165, 1.54) is 6.07 Å². The van der Waals surface area contributed by atoms with E-state index < -0.39 is 11.6 Å². The van der Waals surface area contributed by atoms with Crippen molar-refractivity contribution in [1.82, 2.24) is 10.2 Å². The van der Waals surface area contributed by atoms with Crippen molar-refractivity contribution < 1.29 is 13.5 Å². The monoisotopic (exact) mass is 372 g/mol. The Labute approximate surface area is 120 Å². The van der Waals surface area contributed by atoms with Gasteiger partial charge >= 0.3 is 0 Å². The average Bonchev–Trinajstić information content (AvgIpc) is 2.80. The van der Waals surface area contributed by atoms with Gasteiger partial charge in [0.15, 0.2) is 11.6 Å². The van der Waals surface area contributed by atoms with Gasteiger partial charge in [-0.3, -0.25) is 5.10 Å². The summed E-state index contributed by atoms with van der Waals surface area (Å²) in [5, 5.41) is 7.61. The fourth-order valence-corrected chi connectivity index (χ4v) is 2.28. The van der Waals surface area contributed by atoms with Gasteiger partial charge in [0.25, 0.3) is 0 Å². The molecule has 0 atom stereocenters. The van der Waals surface area contributed by atoms with Crippen molar-refractivity contribution in [2.24, 2.45) is 0 Å². The molecule has 0 radical (unpaired) electrons. The molecule has 1 heterocycles. The quantitative estimate of drug-likeness (QED) is 0.684. The number of aromatic amines is 1. The molecule has 0 saturated carbocycles. The van der Waals surface area contributed by atoms with Gasteiger partial charge in [-0.25, -0.2) is 8.78 Å². The van der Waals surface area contributed by atoms with E-state index in [1.807, 2.05) is 6.07 Å². The number of ether oxygens (including phenoxy) is 1. The minimum absolute atomic E-state index is 0.0119. The molecule has 0 spiro atoms. The smallest absolute Gasteiger partial charge is 0.168 e. The van der Waals surface area contributed by atoms with E-state index in [0.29, 0.717) is 5.75 Å². The van der Waals surface area contributed by atoms with Crippen LogP contribution in [0.5, 0.6) is 11.5 Å². The van der Waals surface area contributed by atoms with E-state index in [2.05, 4.69) is 32.8 Å². The van der Waals surface area contributed by atoms with Crippen molar-refractivity contribution in [3.8, 4) is 11.5 Å². The molecule has 2 aromatic carbocycles. The van der Waals surface area contributed by atoms with Crippen LogP contribution < -0.4 is 4.74 Å². The Kier molecular flexibility index (Phi) is 3.09. The molecule has 96 valence electrons. The highest BCUT2D eigenvalue weighted by Crippen LogP contribution is 2.31. The van der Waals surface area contributed by atoms with Crippen LogP contribution >= 0.6 is 22.6 Å². The van der Waals surface area contributed by atoms with E-state index in [-0.39, 0.29) is 5.75 Å². The van der Waals surface area contributed by atoms with Crippen LogP contribution in [-0.2, 0) is 0 Å². The number of rotatable bonds is 2. The van der Waals surface area contributed by atoms with Crippen LogP contribution in [0.15, 0.2) is 36.5 Å². The van der Waals surface area contributed by atoms with Crippen LogP contribution in [0.2, 0.25) is 0 Å². The summed E-state index contributed by atoms with van der Waals surface area (Å²) in [4.78, 5) is 0. The lowest BCUT2D eigenvalue weighted by Crippen LogP contribution is -1.91. The second kappa shape index (κ2) is 4.76. The highest BCUT2D eigenvalue weighted by atomic mass is 127. The molecule has 6 heteroatoms. The van der Waals surface area contributed by atoms with Gasteiger partial charge in [-0.05, 0) is 46.9 Å². The van der Waals surface area contributed by atoms with Crippen molar-refractivity contribution in [2.45, 2.75) is 0 Å². The minimum Gasteiger partial charge on any atom is -0.453 e. The van der Waals surface area contributed by atoms with E-state index in [1.54, 1.807) is 12.3 Å². The number of hydrogen-bond donors (Lipinski definition) is 1. The Hall–Kier alpha value is -1.70. The predicted octanol–water partition coefficient (Wildman–Crippen LogP) is 4.24. The molecule has 3 aromatic rings. The summed E-state index contributed by atoms with van der Waals surface area (Å²) in [6, 6.07) is 6.81. The van der Waals surface area contributed by atoms with Crippen molar-refractivity contribution in [2.75, 3.05) is 0 Å². The molecular formula is C13H7F2IN2O. The number of H-pyrrole nitrogens is 1. The van der Waals surface area contributed by atoms with Crippen LogP contribution in [0.1, 0.15) is 0 Å². The third-order valence-electron chi connectivity index (χ3n) is 2.61. The Bertz CT molecular complexity index is 757. The van der Waals surface area contributed by atoms with Crippen molar-refractivity contribution >= 4 is 33.5 Å². The third-order valence-corrected chi connectivity index (χ3v) is 3.45. The average molecular weight is 372 g/mol. The maximum atomic E-state index is 13.5. The molecule has 1 N–H and O–H groups in total. The summed E-state index contributed by atoms with van der Waals surface area (Å²) in [5.41, 5.74) is 0.872. The van der Waals surface area contributed by atoms with Gasteiger partial charge in [-0.2, -0.15) is 5.10 Å². The SMILES string of the molecule is Fc1ccc(Oc2cc3cn[nH]c3cc2I)c(F)c1. The zero-order valence-electron chi connectivity index (χ0n) is 9.45. The summed E-state index contributed by atoms with van der Waals surface area (Å²) in [5.74, 6) is -0.880. The molecular weight excluding hydrogens is 365 g/mol. The maximum Gasteiger partial charge on any atom is 0.168 e. The summed E-state index contributed by atoms with van der Waals surface area (Å²) in [7, 11) is 0. The second-order valence-electron chi connectivity index (χ2n) is 3.92. The molecule has 1 aromatic heterocycles. The largest absolute Gasteiger partial charge is 0.453 e. The zero-order chi connectivity index (χ0) is 13.4. The van der Waals surface area contributed by atoms with E-state index in [4.69, 9.17) is 4.74 Å². The van der Waals surface area contributed by atoms with Crippen LogP contribution in [-0.4, -0.2) is 10.2 Å². The summed E-state index contributed by atoms with van der Waals surface area (Å²) in [6.45, 7) is 0. The molecule has 0 bridgehead atoms. The van der Waals surface area contributed by atoms with Crippen molar-refractivity contribution in [3.63, 3.8) is 0 Å². The Balaban J connectivity index is 2.02. The third kappa shape index (κ3) is 2.40. The number of nitrogens with one attached hydrogen (secondary N) is 1. The predicted molar refractivity (Wildman–Crippen MR) is 75.2 cm³/mol. The first-order valence-electron chi connectivity index (χ1n) is 5.39. The van der Waals surface area contributed by atoms with E-state index in [9.17, 15) is 8.78 Å². The molecule has 19 heavy (non-hydrogen) atoms. The van der Waals surface area contributed by atoms with Crippen molar-refractivity contribution in [3.05, 3.63) is 51.7 Å². The summed E-state index contributed by atoms with van der Waals surface area (Å²) >= 11 is 2.08. The minimum atomic E-state index is -0.733. The first-order chi connectivity index (χ1) is 9.13. The lowest BCUT2D eigenvalue weighted by Gasteiger charge is -2.08. The summed E-state index contributed by atoms with van der Waals surface area (Å²) < 4.78 is 32.6. The standard InChI is InChI=1S/C13H7F2IN2O/c14-8-1-2-12(9(15)4-8)19-13-3-7-6-17-18-11(7)5-10(13)16/h1-6H,(H,17,18). The zero-order valence-corrected chi connectivity index (χ0v) is 11.6. The van der Waals surface area contributed by atoms with Gasteiger partial charge in [0.1, 0.15) is 11.6 Å². The van der Waals surface area contributed by atoms with Crippen molar-refractivity contribution in [1.29, 1.82) is 0 Å². The van der Waals surface area contributed by atoms with E-state index >= 15 is 0 Å². The van der Waals surface area contributed by atoms with E-state index in [0.717, 1.165) is 26.6 Å². The highest BCUT2D eigenvalue weighted by molar-refractivity contribution is 14.1. The molecule has 0 saturated heterocycles.